The smallest absolute Gasteiger partial charge is 0.141 e. The Hall–Kier alpha value is -1.42. The second-order valence-electron chi connectivity index (χ2n) is 4.23. The van der Waals surface area contributed by atoms with Crippen LogP contribution in [0.2, 0.25) is 5.02 Å². The summed E-state index contributed by atoms with van der Waals surface area (Å²) in [6.07, 6.45) is 0. The van der Waals surface area contributed by atoms with Gasteiger partial charge in [0.25, 0.3) is 0 Å². The Kier molecular flexibility index (Phi) is 4.01. The molecule has 0 N–H and O–H groups in total. The van der Waals surface area contributed by atoms with Gasteiger partial charge in [0.15, 0.2) is 0 Å². The quantitative estimate of drug-likeness (QED) is 0.621. The Labute approximate surface area is 131 Å². The van der Waals surface area contributed by atoms with E-state index in [-0.39, 0.29) is 5.38 Å². The van der Waals surface area contributed by atoms with Crippen LogP contribution in [-0.4, -0.2) is 10.2 Å². The maximum absolute atomic E-state index is 6.44. The lowest BCUT2D eigenvalue weighted by atomic mass is 10.1. The molecule has 0 saturated carbocycles. The van der Waals surface area contributed by atoms with Gasteiger partial charge in [0.2, 0.25) is 0 Å². The van der Waals surface area contributed by atoms with Gasteiger partial charge in [0, 0.05) is 10.6 Å². The second kappa shape index (κ2) is 5.92. The zero-order valence-electron chi connectivity index (χ0n) is 10.3. The van der Waals surface area contributed by atoms with Crippen molar-refractivity contribution in [3.63, 3.8) is 0 Å². The van der Waals surface area contributed by atoms with Gasteiger partial charge in [-0.3, -0.25) is 0 Å². The normalized spacial score (nSPS) is 12.3. The summed E-state index contributed by atoms with van der Waals surface area (Å²) in [5.74, 6) is 0. The summed E-state index contributed by atoms with van der Waals surface area (Å²) in [7, 11) is 0. The fourth-order valence-corrected chi connectivity index (χ4v) is 3.11. The van der Waals surface area contributed by atoms with Crippen LogP contribution < -0.4 is 0 Å². The van der Waals surface area contributed by atoms with Crippen molar-refractivity contribution in [1.29, 1.82) is 0 Å². The Bertz CT molecular complexity index is 695. The van der Waals surface area contributed by atoms with Gasteiger partial charge in [-0.15, -0.1) is 21.8 Å². The third-order valence-electron chi connectivity index (χ3n) is 2.84. The lowest BCUT2D eigenvalue weighted by Crippen LogP contribution is -1.91. The van der Waals surface area contributed by atoms with Gasteiger partial charge in [0.1, 0.15) is 15.4 Å². The fourth-order valence-electron chi connectivity index (χ4n) is 1.81. The van der Waals surface area contributed by atoms with Gasteiger partial charge in [-0.05, 0) is 17.7 Å². The van der Waals surface area contributed by atoms with E-state index < -0.39 is 0 Å². The van der Waals surface area contributed by atoms with Crippen molar-refractivity contribution in [2.75, 3.05) is 0 Å². The van der Waals surface area contributed by atoms with Gasteiger partial charge in [-0.2, -0.15) is 0 Å². The molecule has 0 aliphatic heterocycles. The van der Waals surface area contributed by atoms with E-state index in [0.717, 1.165) is 21.1 Å². The SMILES string of the molecule is Clc1ccc(-c2nnc(C(Cl)c3ccccc3)s2)cc1. The molecule has 3 rings (SSSR count). The molecule has 0 saturated heterocycles. The van der Waals surface area contributed by atoms with E-state index in [1.807, 2.05) is 54.6 Å². The van der Waals surface area contributed by atoms with E-state index in [1.54, 1.807) is 0 Å². The van der Waals surface area contributed by atoms with Crippen molar-refractivity contribution in [1.82, 2.24) is 10.2 Å². The molecule has 0 spiro atoms. The summed E-state index contributed by atoms with van der Waals surface area (Å²) in [5, 5.41) is 10.5. The molecule has 2 aromatic carbocycles. The molecule has 0 fully saturated rings. The number of halogens is 2. The molecule has 20 heavy (non-hydrogen) atoms. The molecule has 1 unspecified atom stereocenters. The van der Waals surface area contributed by atoms with E-state index in [0.29, 0.717) is 5.02 Å². The molecule has 0 radical (unpaired) electrons. The van der Waals surface area contributed by atoms with Crippen LogP contribution in [0.4, 0.5) is 0 Å². The molecule has 1 atom stereocenters. The minimum absolute atomic E-state index is 0.269. The van der Waals surface area contributed by atoms with Crippen molar-refractivity contribution in [2.45, 2.75) is 5.38 Å². The van der Waals surface area contributed by atoms with Crippen molar-refractivity contribution in [3.05, 3.63) is 70.2 Å². The van der Waals surface area contributed by atoms with Gasteiger partial charge in [-0.1, -0.05) is 65.4 Å². The highest BCUT2D eigenvalue weighted by Gasteiger charge is 2.16. The van der Waals surface area contributed by atoms with Crippen LogP contribution in [0.25, 0.3) is 10.6 Å². The second-order valence-corrected chi connectivity index (χ2v) is 6.11. The number of hydrogen-bond donors (Lipinski definition) is 0. The summed E-state index contributed by atoms with van der Waals surface area (Å²) < 4.78 is 0. The number of alkyl halides is 1. The standard InChI is InChI=1S/C15H10Cl2N2S/c16-12-8-6-11(7-9-12)14-18-19-15(20-14)13(17)10-4-2-1-3-5-10/h1-9,13H. The molecular weight excluding hydrogens is 311 g/mol. The Balaban J connectivity index is 1.89. The van der Waals surface area contributed by atoms with Gasteiger partial charge in [-0.25, -0.2) is 0 Å². The summed E-state index contributed by atoms with van der Waals surface area (Å²) in [5.41, 5.74) is 2.02. The van der Waals surface area contributed by atoms with Crippen LogP contribution in [0.5, 0.6) is 0 Å². The van der Waals surface area contributed by atoms with Crippen molar-refractivity contribution in [2.24, 2.45) is 0 Å². The fraction of sp³-hybridized carbons (Fsp3) is 0.0667. The monoisotopic (exact) mass is 320 g/mol. The zero-order chi connectivity index (χ0) is 13.9. The molecule has 100 valence electrons. The third kappa shape index (κ3) is 2.85. The highest BCUT2D eigenvalue weighted by Crippen LogP contribution is 2.34. The Morgan fingerprint density at radius 1 is 0.900 bits per heavy atom. The number of benzene rings is 2. The lowest BCUT2D eigenvalue weighted by Gasteiger charge is -2.04. The first-order valence-corrected chi connectivity index (χ1v) is 7.65. The number of aromatic nitrogens is 2. The molecule has 5 heteroatoms. The van der Waals surface area contributed by atoms with E-state index in [1.165, 1.54) is 11.3 Å². The van der Waals surface area contributed by atoms with Gasteiger partial charge < -0.3 is 0 Å². The minimum Gasteiger partial charge on any atom is -0.141 e. The summed E-state index contributed by atoms with van der Waals surface area (Å²) >= 11 is 13.8. The molecular formula is C15H10Cl2N2S. The molecule has 2 nitrogen and oxygen atoms in total. The topological polar surface area (TPSA) is 25.8 Å². The maximum Gasteiger partial charge on any atom is 0.147 e. The first-order chi connectivity index (χ1) is 9.74. The van der Waals surface area contributed by atoms with Crippen molar-refractivity contribution in [3.8, 4) is 10.6 Å². The molecule has 1 heterocycles. The van der Waals surface area contributed by atoms with Crippen LogP contribution in [0.1, 0.15) is 15.9 Å². The third-order valence-corrected chi connectivity index (χ3v) is 4.72. The highest BCUT2D eigenvalue weighted by atomic mass is 35.5. The number of rotatable bonds is 3. The lowest BCUT2D eigenvalue weighted by molar-refractivity contribution is 0.988. The molecule has 0 aliphatic carbocycles. The molecule has 0 aliphatic rings. The van der Waals surface area contributed by atoms with Crippen LogP contribution in [0.15, 0.2) is 54.6 Å². The highest BCUT2D eigenvalue weighted by molar-refractivity contribution is 7.15. The largest absolute Gasteiger partial charge is 0.147 e. The van der Waals surface area contributed by atoms with E-state index in [2.05, 4.69) is 10.2 Å². The Morgan fingerprint density at radius 2 is 1.60 bits per heavy atom. The predicted octanol–water partition coefficient (Wildman–Crippen LogP) is 5.19. The van der Waals surface area contributed by atoms with Gasteiger partial charge in [0.05, 0.1) is 0 Å². The van der Waals surface area contributed by atoms with E-state index >= 15 is 0 Å². The van der Waals surface area contributed by atoms with Crippen LogP contribution >= 0.6 is 34.5 Å². The van der Waals surface area contributed by atoms with E-state index in [4.69, 9.17) is 23.2 Å². The van der Waals surface area contributed by atoms with Gasteiger partial charge >= 0.3 is 0 Å². The van der Waals surface area contributed by atoms with E-state index in [9.17, 15) is 0 Å². The summed E-state index contributed by atoms with van der Waals surface area (Å²) in [6.45, 7) is 0. The molecule has 0 amide bonds. The first-order valence-electron chi connectivity index (χ1n) is 6.02. The average molecular weight is 321 g/mol. The maximum atomic E-state index is 6.44. The van der Waals surface area contributed by atoms with Crippen molar-refractivity contribution < 1.29 is 0 Å². The van der Waals surface area contributed by atoms with Crippen LogP contribution in [0.3, 0.4) is 0 Å². The average Bonchev–Trinajstić information content (AvgIpc) is 2.98. The predicted molar refractivity (Wildman–Crippen MR) is 84.5 cm³/mol. The number of hydrogen-bond acceptors (Lipinski definition) is 3. The zero-order valence-corrected chi connectivity index (χ0v) is 12.7. The minimum atomic E-state index is -0.269. The number of nitrogens with zero attached hydrogens (tertiary/aromatic N) is 2. The van der Waals surface area contributed by atoms with Crippen LogP contribution in [-0.2, 0) is 0 Å². The van der Waals surface area contributed by atoms with Crippen LogP contribution in [0, 0.1) is 0 Å². The molecule has 3 aromatic rings. The molecule has 0 bridgehead atoms. The summed E-state index contributed by atoms with van der Waals surface area (Å²) in [4.78, 5) is 0. The van der Waals surface area contributed by atoms with Crippen molar-refractivity contribution >= 4 is 34.5 Å². The summed E-state index contributed by atoms with van der Waals surface area (Å²) in [6, 6.07) is 17.4. The first kappa shape index (κ1) is 13.6. The molecule has 1 aromatic heterocycles. The Morgan fingerprint density at radius 3 is 2.30 bits per heavy atom.